The molecule has 2 unspecified atom stereocenters. The number of ether oxygens (including phenoxy) is 1. The first-order valence-corrected chi connectivity index (χ1v) is 5.15. The maximum absolute atomic E-state index is 13.5. The van der Waals surface area contributed by atoms with Crippen LogP contribution in [-0.2, 0) is 0 Å². The van der Waals surface area contributed by atoms with Crippen molar-refractivity contribution < 1.29 is 36.6 Å². The highest BCUT2D eigenvalue weighted by molar-refractivity contribution is 6.30. The number of hydrogen-bond acceptors (Lipinski definition) is 2. The monoisotopic (exact) mass is 324 g/mol. The van der Waals surface area contributed by atoms with Gasteiger partial charge in [-0.15, -0.1) is 0 Å². The molecule has 1 rings (SSSR count). The number of alkyl halides is 4. The molecule has 3 nitrogen and oxygen atoms in total. The molecule has 1 N–H and O–H groups in total. The van der Waals surface area contributed by atoms with Crippen molar-refractivity contribution in [2.24, 2.45) is 0 Å². The van der Waals surface area contributed by atoms with Crippen LogP contribution in [0.4, 0.5) is 22.0 Å². The zero-order valence-electron chi connectivity index (χ0n) is 8.56. The fourth-order valence-corrected chi connectivity index (χ4v) is 1.13. The van der Waals surface area contributed by atoms with Gasteiger partial charge in [-0.3, -0.25) is 0 Å². The first kappa shape index (κ1) is 15.8. The van der Waals surface area contributed by atoms with Crippen LogP contribution in [0.3, 0.4) is 0 Å². The summed E-state index contributed by atoms with van der Waals surface area (Å²) in [6.45, 7) is 0. The first-order valence-electron chi connectivity index (χ1n) is 4.33. The second-order valence-corrected chi connectivity index (χ2v) is 4.03. The third kappa shape index (κ3) is 3.19. The van der Waals surface area contributed by atoms with Gasteiger partial charge in [-0.1, -0.05) is 11.6 Å². The van der Waals surface area contributed by atoms with Gasteiger partial charge in [-0.25, -0.2) is 18.0 Å². The molecular formula is C9H3Cl2F5O3. The minimum Gasteiger partial charge on any atom is -0.478 e. The predicted molar refractivity (Wildman–Crippen MR) is 54.3 cm³/mol. The summed E-state index contributed by atoms with van der Waals surface area (Å²) >= 11 is 9.35. The molecule has 0 amide bonds. The summed E-state index contributed by atoms with van der Waals surface area (Å²) in [5.41, 5.74) is -4.41. The van der Waals surface area contributed by atoms with Crippen LogP contribution >= 0.6 is 23.2 Å². The molecule has 10 heteroatoms. The Kier molecular flexibility index (Phi) is 4.46. The van der Waals surface area contributed by atoms with Crippen LogP contribution in [0.1, 0.15) is 10.4 Å². The summed E-state index contributed by atoms with van der Waals surface area (Å²) in [6.07, 6.45) is 0. The van der Waals surface area contributed by atoms with Gasteiger partial charge in [-0.2, -0.15) is 8.78 Å². The molecule has 0 saturated heterocycles. The van der Waals surface area contributed by atoms with Gasteiger partial charge in [0.25, 0.3) is 5.63 Å². The van der Waals surface area contributed by atoms with Crippen molar-refractivity contribution >= 4 is 29.2 Å². The molecule has 106 valence electrons. The quantitative estimate of drug-likeness (QED) is 0.523. The zero-order valence-corrected chi connectivity index (χ0v) is 10.1. The average molecular weight is 325 g/mol. The molecule has 0 radical (unpaired) electrons. The van der Waals surface area contributed by atoms with E-state index >= 15 is 0 Å². The lowest BCUT2D eigenvalue weighted by Gasteiger charge is -2.20. The average Bonchev–Trinajstić information content (AvgIpc) is 2.28. The molecule has 1 aromatic rings. The van der Waals surface area contributed by atoms with E-state index in [0.29, 0.717) is 0 Å². The largest absolute Gasteiger partial charge is 0.478 e. The molecular weight excluding hydrogens is 322 g/mol. The summed E-state index contributed by atoms with van der Waals surface area (Å²) in [4.78, 5) is 10.5. The Morgan fingerprint density at radius 2 is 1.89 bits per heavy atom. The van der Waals surface area contributed by atoms with Gasteiger partial charge in [0.15, 0.2) is 17.4 Å². The van der Waals surface area contributed by atoms with Crippen molar-refractivity contribution in [1.82, 2.24) is 0 Å². The number of carboxylic acids is 1. The van der Waals surface area contributed by atoms with Crippen molar-refractivity contribution in [2.45, 2.75) is 10.9 Å². The molecule has 0 bridgehead atoms. The standard InChI is InChI=1S/C9H3Cl2F5O3/c10-8(15)9(11,16)19-6-4(13)2(7(17)18)1-3(12)5(6)14/h1,8H,(H,17,18). The summed E-state index contributed by atoms with van der Waals surface area (Å²) in [7, 11) is 0. The summed E-state index contributed by atoms with van der Waals surface area (Å²) in [5, 5.41) is 4.59. The third-order valence-electron chi connectivity index (χ3n) is 1.84. The van der Waals surface area contributed by atoms with Gasteiger partial charge >= 0.3 is 11.3 Å². The molecule has 1 aromatic carbocycles. The molecule has 0 aromatic heterocycles. The fraction of sp³-hybridized carbons (Fsp3) is 0.222. The van der Waals surface area contributed by atoms with Crippen molar-refractivity contribution in [3.8, 4) is 5.75 Å². The van der Waals surface area contributed by atoms with Gasteiger partial charge < -0.3 is 9.84 Å². The maximum Gasteiger partial charge on any atom is 0.373 e. The number of carboxylic acid groups (broad SMARTS) is 1. The second kappa shape index (κ2) is 5.38. The van der Waals surface area contributed by atoms with Gasteiger partial charge in [0, 0.05) is 0 Å². The van der Waals surface area contributed by atoms with E-state index in [1.165, 1.54) is 0 Å². The van der Waals surface area contributed by atoms with Crippen molar-refractivity contribution in [1.29, 1.82) is 0 Å². The minimum atomic E-state index is -3.91. The van der Waals surface area contributed by atoms with Crippen molar-refractivity contribution in [2.75, 3.05) is 0 Å². The lowest BCUT2D eigenvalue weighted by atomic mass is 10.2. The molecule has 0 aliphatic heterocycles. The molecule has 0 aliphatic carbocycles. The van der Waals surface area contributed by atoms with Crippen molar-refractivity contribution in [3.63, 3.8) is 0 Å². The first-order chi connectivity index (χ1) is 8.58. The van der Waals surface area contributed by atoms with E-state index in [1.54, 1.807) is 0 Å². The summed E-state index contributed by atoms with van der Waals surface area (Å²) in [6, 6.07) is 0.00161. The number of rotatable bonds is 4. The Morgan fingerprint density at radius 1 is 1.37 bits per heavy atom. The summed E-state index contributed by atoms with van der Waals surface area (Å²) < 4.78 is 69.0. The van der Waals surface area contributed by atoms with Crippen molar-refractivity contribution in [3.05, 3.63) is 29.1 Å². The van der Waals surface area contributed by atoms with Gasteiger partial charge in [0.1, 0.15) is 5.56 Å². The molecule has 0 heterocycles. The fourth-order valence-electron chi connectivity index (χ4n) is 1.01. The van der Waals surface area contributed by atoms with Crippen LogP contribution in [-0.4, -0.2) is 22.0 Å². The van der Waals surface area contributed by atoms with Crippen LogP contribution in [0, 0.1) is 17.5 Å². The van der Waals surface area contributed by atoms with E-state index in [4.69, 9.17) is 16.7 Å². The predicted octanol–water partition coefficient (Wildman–Crippen LogP) is 3.58. The van der Waals surface area contributed by atoms with Crippen LogP contribution in [0.2, 0.25) is 0 Å². The highest BCUT2D eigenvalue weighted by atomic mass is 35.5. The number of aromatic carboxylic acids is 1. The van der Waals surface area contributed by atoms with Crippen LogP contribution in [0.5, 0.6) is 5.75 Å². The molecule has 0 spiro atoms. The van der Waals surface area contributed by atoms with Crippen LogP contribution in [0.25, 0.3) is 0 Å². The molecule has 0 saturated carbocycles. The topological polar surface area (TPSA) is 46.5 Å². The van der Waals surface area contributed by atoms with E-state index in [0.717, 1.165) is 0 Å². The highest BCUT2D eigenvalue weighted by Crippen LogP contribution is 2.35. The van der Waals surface area contributed by atoms with Gasteiger partial charge in [0.05, 0.1) is 0 Å². The lowest BCUT2D eigenvalue weighted by Crippen LogP contribution is -2.32. The van der Waals surface area contributed by atoms with Crippen LogP contribution in [0.15, 0.2) is 6.07 Å². The zero-order chi connectivity index (χ0) is 15.0. The second-order valence-electron chi connectivity index (χ2n) is 3.13. The number of halogens is 7. The molecule has 0 fully saturated rings. The third-order valence-corrected chi connectivity index (χ3v) is 2.50. The SMILES string of the molecule is O=C(O)c1cc(F)c(F)c(OC(F)(Cl)C(F)Cl)c1F. The summed E-state index contributed by atoms with van der Waals surface area (Å²) in [5.74, 6) is -9.72. The normalized spacial score (nSPS) is 15.7. The number of carbonyl (C=O) groups is 1. The molecule has 2 atom stereocenters. The number of hydrogen-bond donors (Lipinski definition) is 1. The Balaban J connectivity index is 3.39. The lowest BCUT2D eigenvalue weighted by molar-refractivity contribution is -0.0231. The minimum absolute atomic E-state index is 0.00161. The van der Waals surface area contributed by atoms with E-state index in [1.807, 2.05) is 0 Å². The Morgan fingerprint density at radius 3 is 2.32 bits per heavy atom. The van der Waals surface area contributed by atoms with E-state index in [2.05, 4.69) is 16.3 Å². The van der Waals surface area contributed by atoms with Gasteiger partial charge in [0.2, 0.25) is 5.82 Å². The Hall–Kier alpha value is -1.28. The highest BCUT2D eigenvalue weighted by Gasteiger charge is 2.42. The molecule has 19 heavy (non-hydrogen) atoms. The Bertz CT molecular complexity index is 521. The smallest absolute Gasteiger partial charge is 0.373 e. The van der Waals surface area contributed by atoms with E-state index in [-0.39, 0.29) is 6.07 Å². The Labute approximate surface area is 112 Å². The maximum atomic E-state index is 13.5. The van der Waals surface area contributed by atoms with E-state index in [9.17, 15) is 26.7 Å². The van der Waals surface area contributed by atoms with Crippen LogP contribution < -0.4 is 4.74 Å². The van der Waals surface area contributed by atoms with E-state index < -0.39 is 45.7 Å². The number of benzene rings is 1. The molecule has 0 aliphatic rings. The van der Waals surface area contributed by atoms with Gasteiger partial charge in [-0.05, 0) is 17.7 Å².